The van der Waals surface area contributed by atoms with Gasteiger partial charge in [-0.25, -0.2) is 4.68 Å². The summed E-state index contributed by atoms with van der Waals surface area (Å²) in [6.07, 6.45) is 1.99. The molecular weight excluding hydrogens is 328 g/mol. The molecule has 0 radical (unpaired) electrons. The first-order valence-electron chi connectivity index (χ1n) is 9.49. The van der Waals surface area contributed by atoms with Crippen LogP contribution in [0.15, 0.2) is 97.1 Å². The zero-order chi connectivity index (χ0) is 18.5. The first-order valence-corrected chi connectivity index (χ1v) is 9.49. The van der Waals surface area contributed by atoms with Crippen LogP contribution in [-0.4, -0.2) is 9.78 Å². The number of hydrogen-bond donors (Lipinski definition) is 0. The highest BCUT2D eigenvalue weighted by atomic mass is 15.3. The summed E-state index contributed by atoms with van der Waals surface area (Å²) in [5.41, 5.74) is 6.16. The fourth-order valence-electron chi connectivity index (χ4n) is 3.66. The molecule has 0 bridgehead atoms. The standard InChI is InChI=1S/C25H24N2/c1-20-17-25(27(26-20)24-15-9-4-10-16-24)23(18-21-11-5-2-6-12-21)19-22-13-7-3-8-14-22/h2-17,23H,18-19H2,1H3. The first kappa shape index (κ1) is 17.3. The van der Waals surface area contributed by atoms with E-state index in [2.05, 4.69) is 103 Å². The van der Waals surface area contributed by atoms with E-state index in [9.17, 15) is 0 Å². The second-order valence-electron chi connectivity index (χ2n) is 7.03. The van der Waals surface area contributed by atoms with Gasteiger partial charge in [0.2, 0.25) is 0 Å². The highest BCUT2D eigenvalue weighted by Crippen LogP contribution is 2.28. The van der Waals surface area contributed by atoms with Crippen LogP contribution in [0.25, 0.3) is 5.69 Å². The van der Waals surface area contributed by atoms with Crippen molar-refractivity contribution in [3.05, 3.63) is 120 Å². The maximum atomic E-state index is 4.80. The van der Waals surface area contributed by atoms with Crippen molar-refractivity contribution in [2.45, 2.75) is 25.7 Å². The zero-order valence-corrected chi connectivity index (χ0v) is 15.6. The van der Waals surface area contributed by atoms with Crippen LogP contribution < -0.4 is 0 Å². The normalized spacial score (nSPS) is 11.0. The van der Waals surface area contributed by atoms with Gasteiger partial charge in [-0.05, 0) is 49.1 Å². The van der Waals surface area contributed by atoms with E-state index >= 15 is 0 Å². The van der Waals surface area contributed by atoms with Crippen LogP contribution in [0.5, 0.6) is 0 Å². The van der Waals surface area contributed by atoms with Gasteiger partial charge in [-0.15, -0.1) is 0 Å². The van der Waals surface area contributed by atoms with Crippen LogP contribution in [-0.2, 0) is 12.8 Å². The van der Waals surface area contributed by atoms with E-state index in [0.717, 1.165) is 24.2 Å². The van der Waals surface area contributed by atoms with Crippen molar-refractivity contribution < 1.29 is 0 Å². The van der Waals surface area contributed by atoms with Gasteiger partial charge in [0.15, 0.2) is 0 Å². The third kappa shape index (κ3) is 4.17. The number of aryl methyl sites for hydroxylation is 1. The Balaban J connectivity index is 1.74. The molecular formula is C25H24N2. The van der Waals surface area contributed by atoms with Crippen molar-refractivity contribution in [2.75, 3.05) is 0 Å². The third-order valence-electron chi connectivity index (χ3n) is 4.93. The third-order valence-corrected chi connectivity index (χ3v) is 4.93. The van der Waals surface area contributed by atoms with Crippen LogP contribution >= 0.6 is 0 Å². The number of para-hydroxylation sites is 1. The smallest absolute Gasteiger partial charge is 0.0649 e. The molecule has 0 N–H and O–H groups in total. The molecule has 0 aliphatic carbocycles. The molecule has 4 rings (SSSR count). The van der Waals surface area contributed by atoms with Crippen molar-refractivity contribution in [2.24, 2.45) is 0 Å². The topological polar surface area (TPSA) is 17.8 Å². The Morgan fingerprint density at radius 1 is 0.704 bits per heavy atom. The Morgan fingerprint density at radius 3 is 1.70 bits per heavy atom. The molecule has 0 fully saturated rings. The fourth-order valence-corrected chi connectivity index (χ4v) is 3.66. The summed E-state index contributed by atoms with van der Waals surface area (Å²) in [7, 11) is 0. The van der Waals surface area contributed by atoms with Crippen molar-refractivity contribution in [1.29, 1.82) is 0 Å². The van der Waals surface area contributed by atoms with Gasteiger partial charge >= 0.3 is 0 Å². The van der Waals surface area contributed by atoms with E-state index < -0.39 is 0 Å². The SMILES string of the molecule is Cc1cc(C(Cc2ccccc2)Cc2ccccc2)n(-c2ccccc2)n1. The predicted molar refractivity (Wildman–Crippen MR) is 111 cm³/mol. The molecule has 0 saturated carbocycles. The van der Waals surface area contributed by atoms with E-state index in [4.69, 9.17) is 5.10 Å². The summed E-state index contributed by atoms with van der Waals surface area (Å²) in [6.45, 7) is 2.07. The Kier molecular flexibility index (Phi) is 5.15. The molecule has 4 aromatic rings. The van der Waals surface area contributed by atoms with Crippen LogP contribution in [0.1, 0.15) is 28.4 Å². The molecule has 0 spiro atoms. The highest BCUT2D eigenvalue weighted by Gasteiger charge is 2.20. The van der Waals surface area contributed by atoms with Gasteiger partial charge in [-0.1, -0.05) is 78.9 Å². The lowest BCUT2D eigenvalue weighted by molar-refractivity contribution is 0.625. The lowest BCUT2D eigenvalue weighted by Crippen LogP contribution is -2.13. The van der Waals surface area contributed by atoms with Crippen molar-refractivity contribution in [1.82, 2.24) is 9.78 Å². The van der Waals surface area contributed by atoms with Crippen LogP contribution in [0, 0.1) is 6.92 Å². The van der Waals surface area contributed by atoms with Crippen LogP contribution in [0.4, 0.5) is 0 Å². The summed E-state index contributed by atoms with van der Waals surface area (Å²) in [5, 5.41) is 4.80. The van der Waals surface area contributed by atoms with Gasteiger partial charge in [-0.2, -0.15) is 5.10 Å². The first-order chi connectivity index (χ1) is 13.3. The maximum absolute atomic E-state index is 4.80. The minimum absolute atomic E-state index is 0.358. The Bertz CT molecular complexity index is 931. The quantitative estimate of drug-likeness (QED) is 0.432. The van der Waals surface area contributed by atoms with E-state index in [1.165, 1.54) is 16.8 Å². The van der Waals surface area contributed by atoms with Gasteiger partial charge in [0.25, 0.3) is 0 Å². The highest BCUT2D eigenvalue weighted by molar-refractivity contribution is 5.36. The summed E-state index contributed by atoms with van der Waals surface area (Å²) in [5.74, 6) is 0.358. The molecule has 0 amide bonds. The summed E-state index contributed by atoms with van der Waals surface area (Å²) in [6, 6.07) is 34.2. The van der Waals surface area contributed by atoms with Gasteiger partial charge in [0, 0.05) is 11.6 Å². The van der Waals surface area contributed by atoms with Crippen LogP contribution in [0.3, 0.4) is 0 Å². The molecule has 2 heteroatoms. The van der Waals surface area contributed by atoms with E-state index in [1.807, 2.05) is 6.07 Å². The van der Waals surface area contributed by atoms with E-state index in [-0.39, 0.29) is 0 Å². The average molecular weight is 352 g/mol. The minimum Gasteiger partial charge on any atom is -0.237 e. The molecule has 27 heavy (non-hydrogen) atoms. The Morgan fingerprint density at radius 2 is 1.19 bits per heavy atom. The number of hydrogen-bond acceptors (Lipinski definition) is 1. The Hall–Kier alpha value is -3.13. The largest absolute Gasteiger partial charge is 0.237 e. The molecule has 0 atom stereocenters. The molecule has 1 aromatic heterocycles. The second kappa shape index (κ2) is 8.05. The molecule has 0 aliphatic heterocycles. The molecule has 0 unspecified atom stereocenters. The van der Waals surface area contributed by atoms with Crippen molar-refractivity contribution in [3.8, 4) is 5.69 Å². The molecule has 0 aliphatic rings. The predicted octanol–water partition coefficient (Wildman–Crippen LogP) is 5.75. The number of nitrogens with zero attached hydrogens (tertiary/aromatic N) is 2. The number of benzene rings is 3. The molecule has 134 valence electrons. The van der Waals surface area contributed by atoms with Gasteiger partial charge in [0.1, 0.15) is 0 Å². The maximum Gasteiger partial charge on any atom is 0.0649 e. The minimum atomic E-state index is 0.358. The molecule has 1 heterocycles. The van der Waals surface area contributed by atoms with Gasteiger partial charge < -0.3 is 0 Å². The molecule has 0 saturated heterocycles. The van der Waals surface area contributed by atoms with Gasteiger partial charge in [0.05, 0.1) is 11.4 Å². The fraction of sp³-hybridized carbons (Fsp3) is 0.160. The lowest BCUT2D eigenvalue weighted by Gasteiger charge is -2.19. The summed E-state index contributed by atoms with van der Waals surface area (Å²) >= 11 is 0. The average Bonchev–Trinajstić information content (AvgIpc) is 3.11. The summed E-state index contributed by atoms with van der Waals surface area (Å²) in [4.78, 5) is 0. The zero-order valence-electron chi connectivity index (χ0n) is 15.6. The lowest BCUT2D eigenvalue weighted by atomic mass is 9.89. The van der Waals surface area contributed by atoms with E-state index in [0.29, 0.717) is 5.92 Å². The van der Waals surface area contributed by atoms with Crippen LogP contribution in [0.2, 0.25) is 0 Å². The molecule has 3 aromatic carbocycles. The van der Waals surface area contributed by atoms with Crippen molar-refractivity contribution >= 4 is 0 Å². The summed E-state index contributed by atoms with van der Waals surface area (Å²) < 4.78 is 2.12. The Labute approximate surface area is 161 Å². The van der Waals surface area contributed by atoms with Crippen molar-refractivity contribution in [3.63, 3.8) is 0 Å². The monoisotopic (exact) mass is 352 g/mol. The number of rotatable bonds is 6. The number of aromatic nitrogens is 2. The molecule has 2 nitrogen and oxygen atoms in total. The van der Waals surface area contributed by atoms with Gasteiger partial charge in [-0.3, -0.25) is 0 Å². The van der Waals surface area contributed by atoms with E-state index in [1.54, 1.807) is 0 Å². The second-order valence-corrected chi connectivity index (χ2v) is 7.03.